The second kappa shape index (κ2) is 5.28. The molecule has 1 atom stereocenters. The Balaban J connectivity index is 1.56. The van der Waals surface area contributed by atoms with Crippen LogP contribution in [0.5, 0.6) is 0 Å². The maximum atomic E-state index is 12.8. The highest BCUT2D eigenvalue weighted by molar-refractivity contribution is 7.99. The molecule has 3 nitrogen and oxygen atoms in total. The van der Waals surface area contributed by atoms with Gasteiger partial charge in [-0.2, -0.15) is 11.8 Å². The number of hydrogen-bond donors (Lipinski definition) is 1. The molecule has 5 heteroatoms. The van der Waals surface area contributed by atoms with Crippen molar-refractivity contribution in [2.45, 2.75) is 44.3 Å². The number of carbonyl (C=O) groups is 1. The van der Waals surface area contributed by atoms with E-state index in [0.717, 1.165) is 19.4 Å². The second-order valence-electron chi connectivity index (χ2n) is 6.59. The minimum absolute atomic E-state index is 0.119. The van der Waals surface area contributed by atoms with Gasteiger partial charge < -0.3 is 4.90 Å². The molecule has 1 aromatic rings. The molecule has 2 aliphatic heterocycles. The highest BCUT2D eigenvalue weighted by Crippen LogP contribution is 2.47. The first-order valence-electron chi connectivity index (χ1n) is 7.91. The summed E-state index contributed by atoms with van der Waals surface area (Å²) in [6.45, 7) is 3.08. The molecule has 0 aromatic carbocycles. The van der Waals surface area contributed by atoms with E-state index in [0.29, 0.717) is 11.8 Å². The third-order valence-corrected chi connectivity index (χ3v) is 7.07. The smallest absolute Gasteiger partial charge is 0.244 e. The van der Waals surface area contributed by atoms with Gasteiger partial charge in [0.25, 0.3) is 0 Å². The van der Waals surface area contributed by atoms with Gasteiger partial charge in [0.05, 0.1) is 0 Å². The van der Waals surface area contributed by atoms with E-state index in [-0.39, 0.29) is 11.7 Å². The van der Waals surface area contributed by atoms with Crippen LogP contribution in [-0.2, 0) is 4.79 Å². The summed E-state index contributed by atoms with van der Waals surface area (Å²) >= 11 is 3.87. The van der Waals surface area contributed by atoms with E-state index in [1.165, 1.54) is 34.1 Å². The average Bonchev–Trinajstić information content (AvgIpc) is 3.09. The van der Waals surface area contributed by atoms with Crippen LogP contribution in [0.2, 0.25) is 0 Å². The van der Waals surface area contributed by atoms with Gasteiger partial charge in [-0.1, -0.05) is 0 Å². The Labute approximate surface area is 134 Å². The lowest BCUT2D eigenvalue weighted by Crippen LogP contribution is -2.36. The minimum atomic E-state index is -0.202. The lowest BCUT2D eigenvalue weighted by Gasteiger charge is -2.30. The quantitative estimate of drug-likeness (QED) is 0.928. The van der Waals surface area contributed by atoms with Crippen LogP contribution in [0.4, 0.5) is 0 Å². The molecule has 3 heterocycles. The standard InChI is InChI=1S/C16H22N2OS2/c1-11-2-3-13(21-11)14-17-16(6-7-16)15(19)18(14)10-12-4-8-20-9-5-12/h2-3,12,14,17H,4-10H2,1H3. The van der Waals surface area contributed by atoms with E-state index in [2.05, 4.69) is 41.0 Å². The van der Waals surface area contributed by atoms with Crippen molar-refractivity contribution in [3.63, 3.8) is 0 Å². The molecule has 0 radical (unpaired) electrons. The molecule has 1 unspecified atom stereocenters. The summed E-state index contributed by atoms with van der Waals surface area (Å²) < 4.78 is 0. The van der Waals surface area contributed by atoms with Crippen molar-refractivity contribution >= 4 is 29.0 Å². The van der Waals surface area contributed by atoms with Crippen molar-refractivity contribution in [1.82, 2.24) is 10.2 Å². The number of amides is 1. The largest absolute Gasteiger partial charge is 0.320 e. The topological polar surface area (TPSA) is 32.3 Å². The van der Waals surface area contributed by atoms with E-state index < -0.39 is 0 Å². The van der Waals surface area contributed by atoms with Gasteiger partial charge in [-0.3, -0.25) is 10.1 Å². The summed E-state index contributed by atoms with van der Waals surface area (Å²) in [5.41, 5.74) is -0.202. The van der Waals surface area contributed by atoms with Gasteiger partial charge in [0.1, 0.15) is 11.7 Å². The number of hydrogen-bond acceptors (Lipinski definition) is 4. The molecule has 1 amide bonds. The van der Waals surface area contributed by atoms with Crippen molar-refractivity contribution in [2.24, 2.45) is 5.92 Å². The van der Waals surface area contributed by atoms with Gasteiger partial charge in [0.2, 0.25) is 5.91 Å². The van der Waals surface area contributed by atoms with Crippen LogP contribution in [0.1, 0.15) is 41.6 Å². The fraction of sp³-hybridized carbons (Fsp3) is 0.688. The average molecular weight is 322 g/mol. The Bertz CT molecular complexity index is 546. The highest BCUT2D eigenvalue weighted by atomic mass is 32.2. The van der Waals surface area contributed by atoms with Gasteiger partial charge in [0, 0.05) is 16.3 Å². The zero-order valence-corrected chi connectivity index (χ0v) is 14.1. The summed E-state index contributed by atoms with van der Waals surface area (Å²) in [5.74, 6) is 3.56. The number of thiophene rings is 1. The molecule has 1 N–H and O–H groups in total. The van der Waals surface area contributed by atoms with Crippen molar-refractivity contribution < 1.29 is 4.79 Å². The van der Waals surface area contributed by atoms with Crippen LogP contribution in [0.25, 0.3) is 0 Å². The molecular formula is C16H22N2OS2. The third kappa shape index (κ3) is 2.53. The molecule has 3 fully saturated rings. The minimum Gasteiger partial charge on any atom is -0.320 e. The predicted octanol–water partition coefficient (Wildman–Crippen LogP) is 3.16. The van der Waals surface area contributed by atoms with Gasteiger partial charge >= 0.3 is 0 Å². The molecule has 0 bridgehead atoms. The molecule has 4 rings (SSSR count). The first kappa shape index (κ1) is 14.1. The third-order valence-electron chi connectivity index (χ3n) is 4.97. The molecule has 1 aromatic heterocycles. The molecule has 114 valence electrons. The van der Waals surface area contributed by atoms with E-state index in [9.17, 15) is 4.79 Å². The lowest BCUT2D eigenvalue weighted by molar-refractivity contribution is -0.131. The van der Waals surface area contributed by atoms with Crippen molar-refractivity contribution in [3.05, 3.63) is 21.9 Å². The van der Waals surface area contributed by atoms with Crippen LogP contribution in [-0.4, -0.2) is 34.4 Å². The molecule has 3 aliphatic rings. The number of rotatable bonds is 3. The van der Waals surface area contributed by atoms with E-state index >= 15 is 0 Å². The van der Waals surface area contributed by atoms with Crippen LogP contribution >= 0.6 is 23.1 Å². The van der Waals surface area contributed by atoms with Crippen molar-refractivity contribution in [2.75, 3.05) is 18.1 Å². The maximum Gasteiger partial charge on any atom is 0.244 e. The Morgan fingerprint density at radius 1 is 1.33 bits per heavy atom. The predicted molar refractivity (Wildman–Crippen MR) is 88.7 cm³/mol. The monoisotopic (exact) mass is 322 g/mol. The lowest BCUT2D eigenvalue weighted by atomic mass is 10.0. The Hall–Kier alpha value is -0.520. The summed E-state index contributed by atoms with van der Waals surface area (Å²) in [4.78, 5) is 17.6. The Kier molecular flexibility index (Phi) is 3.55. The normalized spacial score (nSPS) is 28.5. The summed E-state index contributed by atoms with van der Waals surface area (Å²) in [6.07, 6.45) is 4.68. The first-order chi connectivity index (χ1) is 10.2. The van der Waals surface area contributed by atoms with Gasteiger partial charge in [0.15, 0.2) is 0 Å². The van der Waals surface area contributed by atoms with Crippen LogP contribution in [0.15, 0.2) is 12.1 Å². The van der Waals surface area contributed by atoms with E-state index in [4.69, 9.17) is 0 Å². The van der Waals surface area contributed by atoms with Gasteiger partial charge in [-0.25, -0.2) is 0 Å². The Morgan fingerprint density at radius 3 is 2.71 bits per heavy atom. The number of nitrogens with one attached hydrogen (secondary N) is 1. The molecule has 2 saturated heterocycles. The summed E-state index contributed by atoms with van der Waals surface area (Å²) in [6, 6.07) is 4.36. The van der Waals surface area contributed by atoms with Crippen LogP contribution in [0.3, 0.4) is 0 Å². The molecule has 1 spiro atoms. The molecule has 1 aliphatic carbocycles. The summed E-state index contributed by atoms with van der Waals surface area (Å²) in [7, 11) is 0. The highest BCUT2D eigenvalue weighted by Gasteiger charge is 2.59. The molecule has 21 heavy (non-hydrogen) atoms. The first-order valence-corrected chi connectivity index (χ1v) is 9.88. The number of aryl methyl sites for hydroxylation is 1. The Morgan fingerprint density at radius 2 is 2.10 bits per heavy atom. The number of carbonyl (C=O) groups excluding carboxylic acids is 1. The second-order valence-corrected chi connectivity index (χ2v) is 9.13. The summed E-state index contributed by atoms with van der Waals surface area (Å²) in [5, 5.41) is 3.64. The number of thioether (sulfide) groups is 1. The zero-order chi connectivity index (χ0) is 14.4. The van der Waals surface area contributed by atoms with E-state index in [1.54, 1.807) is 0 Å². The van der Waals surface area contributed by atoms with Crippen LogP contribution in [0, 0.1) is 12.8 Å². The fourth-order valence-electron chi connectivity index (χ4n) is 3.50. The SMILES string of the molecule is Cc1ccc(C2NC3(CC3)C(=O)N2CC2CCSCC2)s1. The number of nitrogens with zero attached hydrogens (tertiary/aromatic N) is 1. The van der Waals surface area contributed by atoms with Gasteiger partial charge in [-0.15, -0.1) is 11.3 Å². The fourth-order valence-corrected chi connectivity index (χ4v) is 5.64. The van der Waals surface area contributed by atoms with Gasteiger partial charge in [-0.05, 0) is 62.2 Å². The molecular weight excluding hydrogens is 300 g/mol. The van der Waals surface area contributed by atoms with Crippen molar-refractivity contribution in [1.29, 1.82) is 0 Å². The maximum absolute atomic E-state index is 12.8. The van der Waals surface area contributed by atoms with E-state index in [1.807, 2.05) is 11.3 Å². The van der Waals surface area contributed by atoms with Crippen molar-refractivity contribution in [3.8, 4) is 0 Å². The molecule has 1 saturated carbocycles. The van der Waals surface area contributed by atoms with Crippen LogP contribution < -0.4 is 5.32 Å². The zero-order valence-electron chi connectivity index (χ0n) is 12.4.